The van der Waals surface area contributed by atoms with Crippen LogP contribution in [0, 0.1) is 17.6 Å². The number of hydrogen-bond donors (Lipinski definition) is 1. The van der Waals surface area contributed by atoms with E-state index < -0.39 is 29.0 Å². The molecular weight excluding hydrogens is 228 g/mol. The van der Waals surface area contributed by atoms with E-state index in [2.05, 4.69) is 0 Å². The highest BCUT2D eigenvalue weighted by molar-refractivity contribution is 6.05. The summed E-state index contributed by atoms with van der Waals surface area (Å²) in [7, 11) is 0. The van der Waals surface area contributed by atoms with Gasteiger partial charge in [0.25, 0.3) is 5.91 Å². The minimum absolute atomic E-state index is 0.381. The fourth-order valence-electron chi connectivity index (χ4n) is 1.20. The van der Waals surface area contributed by atoms with Crippen molar-refractivity contribution in [3.05, 3.63) is 35.4 Å². The smallest absolute Gasteiger partial charge is 0.263 e. The molecule has 0 aliphatic rings. The minimum Gasteiger partial charge on any atom is -0.292 e. The van der Waals surface area contributed by atoms with Gasteiger partial charge in [-0.2, -0.15) is 0 Å². The van der Waals surface area contributed by atoms with Crippen LogP contribution in [0.5, 0.6) is 0 Å². The highest BCUT2D eigenvalue weighted by Gasteiger charge is 2.20. The molecule has 1 aromatic rings. The lowest BCUT2D eigenvalue weighted by molar-refractivity contribution is -0.123. The molecule has 1 atom stereocenters. The fraction of sp³-hybridized carbons (Fsp3) is 0.333. The van der Waals surface area contributed by atoms with Crippen molar-refractivity contribution in [2.75, 3.05) is 0 Å². The van der Waals surface area contributed by atoms with Crippen LogP contribution < -0.4 is 5.32 Å². The summed E-state index contributed by atoms with van der Waals surface area (Å²) in [6.45, 7) is 3.40. The first-order chi connectivity index (χ1) is 7.97. The van der Waals surface area contributed by atoms with Crippen molar-refractivity contribution in [1.82, 2.24) is 5.32 Å². The first-order valence-corrected chi connectivity index (χ1v) is 5.26. The number of benzene rings is 1. The summed E-state index contributed by atoms with van der Waals surface area (Å²) in [6.07, 6.45) is 0.541. The third-order valence-electron chi connectivity index (χ3n) is 2.49. The van der Waals surface area contributed by atoms with Gasteiger partial charge in [-0.05, 0) is 18.6 Å². The second-order valence-corrected chi connectivity index (χ2v) is 3.72. The van der Waals surface area contributed by atoms with Crippen LogP contribution in [0.15, 0.2) is 18.2 Å². The molecule has 5 heteroatoms. The van der Waals surface area contributed by atoms with Gasteiger partial charge in [0.15, 0.2) is 0 Å². The lowest BCUT2D eigenvalue weighted by Gasteiger charge is -2.09. The van der Waals surface area contributed by atoms with Gasteiger partial charge in [0.1, 0.15) is 17.2 Å². The Morgan fingerprint density at radius 2 is 1.82 bits per heavy atom. The Bertz CT molecular complexity index is 426. The number of carbonyl (C=O) groups excluding carboxylic acids is 2. The maximum absolute atomic E-state index is 13.2. The number of rotatable bonds is 3. The summed E-state index contributed by atoms with van der Waals surface area (Å²) in [5.41, 5.74) is -0.732. The molecule has 0 heterocycles. The number of imide groups is 1. The van der Waals surface area contributed by atoms with Crippen LogP contribution in [0.25, 0.3) is 0 Å². The normalized spacial score (nSPS) is 12.0. The van der Waals surface area contributed by atoms with Gasteiger partial charge in [-0.25, -0.2) is 8.78 Å². The van der Waals surface area contributed by atoms with Gasteiger partial charge in [0.2, 0.25) is 5.91 Å². The van der Waals surface area contributed by atoms with Crippen LogP contribution in [0.3, 0.4) is 0 Å². The summed E-state index contributed by atoms with van der Waals surface area (Å²) in [5, 5.41) is 1.97. The van der Waals surface area contributed by atoms with Crippen molar-refractivity contribution >= 4 is 11.8 Å². The molecule has 0 spiro atoms. The molecule has 92 valence electrons. The van der Waals surface area contributed by atoms with E-state index in [1.165, 1.54) is 0 Å². The standard InChI is InChI=1S/C12H13F2NO2/c1-3-7(2)11(16)15-12(17)10-8(13)5-4-6-9(10)14/h4-7H,3H2,1-2H3,(H,15,16,17). The number of amides is 2. The number of nitrogens with one attached hydrogen (secondary N) is 1. The second-order valence-electron chi connectivity index (χ2n) is 3.72. The maximum Gasteiger partial charge on any atom is 0.263 e. The number of hydrogen-bond acceptors (Lipinski definition) is 2. The van der Waals surface area contributed by atoms with Gasteiger partial charge < -0.3 is 0 Å². The molecule has 0 bridgehead atoms. The topological polar surface area (TPSA) is 46.2 Å². The van der Waals surface area contributed by atoms with Gasteiger partial charge in [0, 0.05) is 5.92 Å². The van der Waals surface area contributed by atoms with Crippen LogP contribution in [0.1, 0.15) is 30.6 Å². The van der Waals surface area contributed by atoms with E-state index in [0.717, 1.165) is 18.2 Å². The van der Waals surface area contributed by atoms with Gasteiger partial charge in [-0.3, -0.25) is 14.9 Å². The molecule has 0 fully saturated rings. The fourth-order valence-corrected chi connectivity index (χ4v) is 1.20. The zero-order valence-electron chi connectivity index (χ0n) is 9.59. The van der Waals surface area contributed by atoms with Crippen LogP contribution >= 0.6 is 0 Å². The molecule has 17 heavy (non-hydrogen) atoms. The Morgan fingerprint density at radius 3 is 2.29 bits per heavy atom. The van der Waals surface area contributed by atoms with E-state index >= 15 is 0 Å². The molecule has 3 nitrogen and oxygen atoms in total. The third-order valence-corrected chi connectivity index (χ3v) is 2.49. The van der Waals surface area contributed by atoms with Crippen molar-refractivity contribution in [2.45, 2.75) is 20.3 Å². The highest BCUT2D eigenvalue weighted by Crippen LogP contribution is 2.12. The summed E-state index contributed by atoms with van der Waals surface area (Å²) >= 11 is 0. The van der Waals surface area contributed by atoms with E-state index in [-0.39, 0.29) is 5.92 Å². The lowest BCUT2D eigenvalue weighted by Crippen LogP contribution is -2.35. The Balaban J connectivity index is 2.88. The largest absolute Gasteiger partial charge is 0.292 e. The highest BCUT2D eigenvalue weighted by atomic mass is 19.1. The molecule has 1 aromatic carbocycles. The second kappa shape index (κ2) is 5.52. The Labute approximate surface area is 97.8 Å². The average Bonchev–Trinajstić information content (AvgIpc) is 2.27. The molecule has 2 amide bonds. The van der Waals surface area contributed by atoms with E-state index in [9.17, 15) is 18.4 Å². The molecule has 0 radical (unpaired) electrons. The predicted molar refractivity (Wildman–Crippen MR) is 58.3 cm³/mol. The van der Waals surface area contributed by atoms with Crippen LogP contribution in [0.2, 0.25) is 0 Å². The first kappa shape index (κ1) is 13.3. The predicted octanol–water partition coefficient (Wildman–Crippen LogP) is 2.27. The van der Waals surface area contributed by atoms with Crippen molar-refractivity contribution in [1.29, 1.82) is 0 Å². The third kappa shape index (κ3) is 3.09. The molecule has 0 aliphatic heterocycles. The quantitative estimate of drug-likeness (QED) is 0.882. The van der Waals surface area contributed by atoms with Crippen molar-refractivity contribution < 1.29 is 18.4 Å². The summed E-state index contributed by atoms with van der Waals surface area (Å²) < 4.78 is 26.4. The summed E-state index contributed by atoms with van der Waals surface area (Å²) in [6, 6.07) is 3.08. The molecule has 0 saturated carbocycles. The van der Waals surface area contributed by atoms with Gasteiger partial charge >= 0.3 is 0 Å². The molecule has 1 rings (SSSR count). The zero-order chi connectivity index (χ0) is 13.0. The van der Waals surface area contributed by atoms with Crippen LogP contribution in [-0.2, 0) is 4.79 Å². The molecule has 0 aliphatic carbocycles. The molecule has 0 aromatic heterocycles. The van der Waals surface area contributed by atoms with E-state index in [1.807, 2.05) is 5.32 Å². The summed E-state index contributed by atoms with van der Waals surface area (Å²) in [4.78, 5) is 22.9. The van der Waals surface area contributed by atoms with E-state index in [1.54, 1.807) is 13.8 Å². The monoisotopic (exact) mass is 241 g/mol. The molecule has 1 N–H and O–H groups in total. The number of carbonyl (C=O) groups is 2. The Kier molecular flexibility index (Phi) is 4.31. The van der Waals surface area contributed by atoms with Gasteiger partial charge in [-0.15, -0.1) is 0 Å². The van der Waals surface area contributed by atoms with Crippen molar-refractivity contribution in [3.8, 4) is 0 Å². The first-order valence-electron chi connectivity index (χ1n) is 5.26. The zero-order valence-corrected chi connectivity index (χ0v) is 9.59. The SMILES string of the molecule is CCC(C)C(=O)NC(=O)c1c(F)cccc1F. The van der Waals surface area contributed by atoms with Crippen LogP contribution in [-0.4, -0.2) is 11.8 Å². The van der Waals surface area contributed by atoms with Gasteiger partial charge in [0.05, 0.1) is 0 Å². The van der Waals surface area contributed by atoms with E-state index in [0.29, 0.717) is 6.42 Å². The van der Waals surface area contributed by atoms with Crippen molar-refractivity contribution in [2.24, 2.45) is 5.92 Å². The van der Waals surface area contributed by atoms with Crippen LogP contribution in [0.4, 0.5) is 8.78 Å². The van der Waals surface area contributed by atoms with E-state index in [4.69, 9.17) is 0 Å². The summed E-state index contributed by atoms with van der Waals surface area (Å²) in [5.74, 6) is -3.95. The molecule has 1 unspecified atom stereocenters. The molecule has 0 saturated heterocycles. The Hall–Kier alpha value is -1.78. The lowest BCUT2D eigenvalue weighted by atomic mass is 10.1. The minimum atomic E-state index is -1.05. The molecular formula is C12H13F2NO2. The number of halogens is 2. The van der Waals surface area contributed by atoms with Crippen molar-refractivity contribution in [3.63, 3.8) is 0 Å². The average molecular weight is 241 g/mol. The Morgan fingerprint density at radius 1 is 1.29 bits per heavy atom. The van der Waals surface area contributed by atoms with Gasteiger partial charge in [-0.1, -0.05) is 19.9 Å². The maximum atomic E-state index is 13.2.